The summed E-state index contributed by atoms with van der Waals surface area (Å²) in [7, 11) is 1.65. The van der Waals surface area contributed by atoms with Crippen molar-refractivity contribution < 1.29 is 19.1 Å². The molecule has 4 aromatic rings. The van der Waals surface area contributed by atoms with Crippen LogP contribution in [0.3, 0.4) is 0 Å². The zero-order valence-corrected chi connectivity index (χ0v) is 22.5. The third-order valence-electron chi connectivity index (χ3n) is 7.18. The summed E-state index contributed by atoms with van der Waals surface area (Å²) in [6.07, 6.45) is 2.87. The normalized spacial score (nSPS) is 14.6. The van der Waals surface area contributed by atoms with E-state index in [1.54, 1.807) is 12.0 Å². The maximum absolute atomic E-state index is 13.7. The molecular formula is C32H35N3O4. The van der Waals surface area contributed by atoms with Crippen molar-refractivity contribution in [2.24, 2.45) is 0 Å². The maximum atomic E-state index is 13.7. The number of rotatable bonds is 12. The lowest BCUT2D eigenvalue weighted by molar-refractivity contribution is -0.122. The van der Waals surface area contributed by atoms with Gasteiger partial charge in [-0.15, -0.1) is 0 Å². The summed E-state index contributed by atoms with van der Waals surface area (Å²) in [6.45, 7) is 3.95. The molecular weight excluding hydrogens is 490 g/mol. The molecule has 202 valence electrons. The van der Waals surface area contributed by atoms with Crippen molar-refractivity contribution in [1.82, 2.24) is 15.2 Å². The second-order valence-corrected chi connectivity index (χ2v) is 9.78. The molecule has 2 N–H and O–H groups in total. The van der Waals surface area contributed by atoms with Crippen molar-refractivity contribution in [1.29, 1.82) is 0 Å². The molecule has 1 aromatic heterocycles. The van der Waals surface area contributed by atoms with Gasteiger partial charge in [0.15, 0.2) is 0 Å². The molecule has 5 rings (SSSR count). The van der Waals surface area contributed by atoms with Gasteiger partial charge in [-0.25, -0.2) is 0 Å². The summed E-state index contributed by atoms with van der Waals surface area (Å²) in [5.41, 5.74) is 5.31. The van der Waals surface area contributed by atoms with Gasteiger partial charge in [0.1, 0.15) is 12.3 Å². The quantitative estimate of drug-likeness (QED) is 0.232. The van der Waals surface area contributed by atoms with Crippen LogP contribution in [0.5, 0.6) is 5.75 Å². The first kappa shape index (κ1) is 26.5. The lowest BCUT2D eigenvalue weighted by Crippen LogP contribution is -2.40. The van der Waals surface area contributed by atoms with Crippen LogP contribution in [-0.4, -0.2) is 55.1 Å². The summed E-state index contributed by atoms with van der Waals surface area (Å²) in [6, 6.07) is 23.2. The summed E-state index contributed by atoms with van der Waals surface area (Å²) in [5, 5.41) is 3.99. The van der Waals surface area contributed by atoms with Crippen LogP contribution in [0.4, 0.5) is 0 Å². The number of ether oxygens (including phenoxy) is 2. The van der Waals surface area contributed by atoms with E-state index in [1.807, 2.05) is 66.7 Å². The van der Waals surface area contributed by atoms with Crippen LogP contribution in [0.25, 0.3) is 22.2 Å². The van der Waals surface area contributed by atoms with E-state index >= 15 is 0 Å². The molecule has 2 heterocycles. The number of aromatic amines is 1. The van der Waals surface area contributed by atoms with E-state index in [4.69, 9.17) is 9.47 Å². The monoisotopic (exact) mass is 525 g/mol. The number of nitrogens with zero attached hydrogens (tertiary/aromatic N) is 1. The third kappa shape index (κ3) is 5.54. The van der Waals surface area contributed by atoms with Crippen molar-refractivity contribution in [3.8, 4) is 17.0 Å². The van der Waals surface area contributed by atoms with Gasteiger partial charge in [-0.05, 0) is 42.7 Å². The van der Waals surface area contributed by atoms with Gasteiger partial charge >= 0.3 is 0 Å². The smallest absolute Gasteiger partial charge is 0.255 e. The Morgan fingerprint density at radius 1 is 1.00 bits per heavy atom. The Hall–Kier alpha value is -4.10. The Labute approximate surface area is 229 Å². The minimum atomic E-state index is -0.422. The number of fused-ring (bicyclic) bond motifs is 2. The summed E-state index contributed by atoms with van der Waals surface area (Å²) in [4.78, 5) is 32.0. The molecule has 0 saturated carbocycles. The SMILES string of the molecule is CCCCOCCCNC(=O)CN1C(=O)c2ccccc2C1c1c(-c2cccc(OC)c2)[nH]c2ccccc12. The summed E-state index contributed by atoms with van der Waals surface area (Å²) in [5.74, 6) is 0.419. The van der Waals surface area contributed by atoms with Gasteiger partial charge in [0.05, 0.1) is 18.8 Å². The summed E-state index contributed by atoms with van der Waals surface area (Å²) < 4.78 is 11.1. The fraction of sp³-hybridized carbons (Fsp3) is 0.312. The van der Waals surface area contributed by atoms with Crippen LogP contribution < -0.4 is 10.1 Å². The van der Waals surface area contributed by atoms with E-state index in [-0.39, 0.29) is 18.4 Å². The zero-order valence-electron chi connectivity index (χ0n) is 22.5. The predicted molar refractivity (Wildman–Crippen MR) is 153 cm³/mol. The lowest BCUT2D eigenvalue weighted by Gasteiger charge is -2.26. The average Bonchev–Trinajstić information content (AvgIpc) is 3.47. The number of hydrogen-bond donors (Lipinski definition) is 2. The second-order valence-electron chi connectivity index (χ2n) is 9.78. The molecule has 0 fully saturated rings. The number of methoxy groups -OCH3 is 1. The van der Waals surface area contributed by atoms with Gasteiger partial charge in [-0.1, -0.05) is 61.9 Å². The Morgan fingerprint density at radius 2 is 1.79 bits per heavy atom. The number of hydrogen-bond acceptors (Lipinski definition) is 4. The van der Waals surface area contributed by atoms with Crippen LogP contribution in [0.1, 0.15) is 53.7 Å². The largest absolute Gasteiger partial charge is 0.497 e. The Kier molecular flexibility index (Phi) is 8.27. The standard InChI is InChI=1S/C32H35N3O4/c1-3-4-18-39-19-10-17-33-28(36)21-35-31(24-13-5-6-14-25(24)32(35)37)29-26-15-7-8-16-27(26)34-30(29)22-11-9-12-23(20-22)38-2/h5-9,11-16,20,31,34H,3-4,10,17-19,21H2,1-2H3,(H,33,36). The fourth-order valence-corrected chi connectivity index (χ4v) is 5.26. The number of benzene rings is 3. The number of carbonyl (C=O) groups is 2. The van der Waals surface area contributed by atoms with Crippen molar-refractivity contribution in [2.75, 3.05) is 33.4 Å². The average molecular weight is 526 g/mol. The molecule has 0 spiro atoms. The molecule has 0 bridgehead atoms. The molecule has 1 aliphatic heterocycles. The number of unbranched alkanes of at least 4 members (excludes halogenated alkanes) is 1. The van der Waals surface area contributed by atoms with Crippen molar-refractivity contribution in [3.63, 3.8) is 0 Å². The fourth-order valence-electron chi connectivity index (χ4n) is 5.26. The molecule has 7 nitrogen and oxygen atoms in total. The maximum Gasteiger partial charge on any atom is 0.255 e. The van der Waals surface area contributed by atoms with Crippen LogP contribution in [-0.2, 0) is 9.53 Å². The van der Waals surface area contributed by atoms with E-state index in [1.165, 1.54) is 0 Å². The van der Waals surface area contributed by atoms with Gasteiger partial charge in [0.25, 0.3) is 5.91 Å². The number of carbonyl (C=O) groups excluding carboxylic acids is 2. The molecule has 3 aromatic carbocycles. The van der Waals surface area contributed by atoms with Crippen molar-refractivity contribution in [3.05, 3.63) is 89.5 Å². The number of aromatic nitrogens is 1. The van der Waals surface area contributed by atoms with E-state index in [2.05, 4.69) is 23.3 Å². The molecule has 39 heavy (non-hydrogen) atoms. The third-order valence-corrected chi connectivity index (χ3v) is 7.18. The molecule has 1 unspecified atom stereocenters. The van der Waals surface area contributed by atoms with Crippen molar-refractivity contribution >= 4 is 22.7 Å². The highest BCUT2D eigenvalue weighted by atomic mass is 16.5. The first-order valence-corrected chi connectivity index (χ1v) is 13.6. The lowest BCUT2D eigenvalue weighted by atomic mass is 9.93. The summed E-state index contributed by atoms with van der Waals surface area (Å²) >= 11 is 0. The number of amides is 2. The number of nitrogens with one attached hydrogen (secondary N) is 2. The first-order valence-electron chi connectivity index (χ1n) is 13.6. The minimum absolute atomic E-state index is 0.0358. The van der Waals surface area contributed by atoms with Crippen LogP contribution in [0.15, 0.2) is 72.8 Å². The highest BCUT2D eigenvalue weighted by Gasteiger charge is 2.41. The molecule has 0 aliphatic carbocycles. The predicted octanol–water partition coefficient (Wildman–Crippen LogP) is 5.71. The van der Waals surface area contributed by atoms with E-state index in [0.29, 0.717) is 18.7 Å². The van der Waals surface area contributed by atoms with Gasteiger partial charge in [0, 0.05) is 47.4 Å². The van der Waals surface area contributed by atoms with E-state index < -0.39 is 6.04 Å². The van der Waals surface area contributed by atoms with Gasteiger partial charge in [0.2, 0.25) is 5.91 Å². The van der Waals surface area contributed by atoms with Gasteiger partial charge in [-0.3, -0.25) is 9.59 Å². The highest BCUT2D eigenvalue weighted by Crippen LogP contribution is 2.45. The second kappa shape index (κ2) is 12.2. The molecule has 7 heteroatoms. The van der Waals surface area contributed by atoms with E-state index in [0.717, 1.165) is 64.9 Å². The number of H-pyrrole nitrogens is 1. The van der Waals surface area contributed by atoms with Crippen LogP contribution in [0, 0.1) is 0 Å². The van der Waals surface area contributed by atoms with Gasteiger partial charge < -0.3 is 24.7 Å². The molecule has 0 radical (unpaired) electrons. The highest BCUT2D eigenvalue weighted by molar-refractivity contribution is 6.03. The van der Waals surface area contributed by atoms with Crippen LogP contribution >= 0.6 is 0 Å². The molecule has 1 aliphatic rings. The molecule has 2 amide bonds. The topological polar surface area (TPSA) is 83.7 Å². The zero-order chi connectivity index (χ0) is 27.2. The Balaban J connectivity index is 1.48. The minimum Gasteiger partial charge on any atom is -0.497 e. The number of para-hydroxylation sites is 1. The Bertz CT molecular complexity index is 1460. The van der Waals surface area contributed by atoms with Crippen molar-refractivity contribution in [2.45, 2.75) is 32.2 Å². The van der Waals surface area contributed by atoms with E-state index in [9.17, 15) is 9.59 Å². The first-order chi connectivity index (χ1) is 19.1. The van der Waals surface area contributed by atoms with Gasteiger partial charge in [-0.2, -0.15) is 0 Å². The Morgan fingerprint density at radius 3 is 2.64 bits per heavy atom. The van der Waals surface area contributed by atoms with Crippen LogP contribution in [0.2, 0.25) is 0 Å². The molecule has 1 atom stereocenters. The molecule has 0 saturated heterocycles.